The largest absolute Gasteiger partial charge is 0.508 e. The number of rotatable bonds is 3. The number of anilines is 1. The molecule has 0 radical (unpaired) electrons. The van der Waals surface area contributed by atoms with E-state index in [-0.39, 0.29) is 11.5 Å². The molecule has 9 heteroatoms. The first-order valence-electron chi connectivity index (χ1n) is 6.47. The summed E-state index contributed by atoms with van der Waals surface area (Å²) < 4.78 is 8.20. The molecular formula is C14H11N5O3S. The van der Waals surface area contributed by atoms with Gasteiger partial charge in [0.25, 0.3) is 0 Å². The first-order chi connectivity index (χ1) is 11.1. The number of nitrogens with one attached hydrogen (secondary N) is 2. The van der Waals surface area contributed by atoms with Crippen LogP contribution in [0, 0.1) is 0 Å². The summed E-state index contributed by atoms with van der Waals surface area (Å²) in [5, 5.41) is 25.1. The lowest BCUT2D eigenvalue weighted by Gasteiger charge is -2.04. The molecule has 1 heterocycles. The smallest absolute Gasteiger partial charge is 0.339 e. The Morgan fingerprint density at radius 3 is 2.91 bits per heavy atom. The molecule has 4 N–H and O–H groups in total. The highest BCUT2D eigenvalue weighted by atomic mass is 32.1. The van der Waals surface area contributed by atoms with Crippen LogP contribution >= 0.6 is 11.7 Å². The molecule has 3 rings (SSSR count). The van der Waals surface area contributed by atoms with E-state index in [2.05, 4.69) is 24.6 Å². The third kappa shape index (κ3) is 3.35. The van der Waals surface area contributed by atoms with Gasteiger partial charge in [-0.1, -0.05) is 6.07 Å². The van der Waals surface area contributed by atoms with Gasteiger partial charge in [0.15, 0.2) is 0 Å². The molecule has 0 fully saturated rings. The fourth-order valence-corrected chi connectivity index (χ4v) is 2.41. The number of fused-ring (bicyclic) bond motifs is 1. The zero-order chi connectivity index (χ0) is 16.2. The molecule has 0 bridgehead atoms. The van der Waals surface area contributed by atoms with E-state index in [4.69, 9.17) is 0 Å². The number of amides is 2. The SMILES string of the molecule is O=C(N/N=C\c1ccc(O)cc1O)Nc1cccc2nsnc12. The van der Waals surface area contributed by atoms with Crippen molar-refractivity contribution < 1.29 is 15.0 Å². The molecular weight excluding hydrogens is 318 g/mol. The van der Waals surface area contributed by atoms with E-state index < -0.39 is 6.03 Å². The van der Waals surface area contributed by atoms with E-state index in [0.717, 1.165) is 11.7 Å². The first-order valence-corrected chi connectivity index (χ1v) is 7.20. The fourth-order valence-electron chi connectivity index (χ4n) is 1.86. The van der Waals surface area contributed by atoms with E-state index in [1.807, 2.05) is 0 Å². The highest BCUT2D eigenvalue weighted by Crippen LogP contribution is 2.21. The summed E-state index contributed by atoms with van der Waals surface area (Å²) in [5.41, 5.74) is 4.46. The van der Waals surface area contributed by atoms with Crippen molar-refractivity contribution in [1.29, 1.82) is 0 Å². The third-order valence-corrected chi connectivity index (χ3v) is 3.46. The molecule has 3 aromatic rings. The zero-order valence-corrected chi connectivity index (χ0v) is 12.4. The number of phenols is 2. The van der Waals surface area contributed by atoms with Crippen LogP contribution in [0.2, 0.25) is 0 Å². The summed E-state index contributed by atoms with van der Waals surface area (Å²) in [4.78, 5) is 11.8. The number of hydrazone groups is 1. The molecule has 0 unspecified atom stereocenters. The Bertz CT molecular complexity index is 893. The van der Waals surface area contributed by atoms with Crippen LogP contribution in [0.5, 0.6) is 11.5 Å². The predicted octanol–water partition coefficient (Wildman–Crippen LogP) is 2.26. The van der Waals surface area contributed by atoms with E-state index in [1.165, 1.54) is 24.4 Å². The van der Waals surface area contributed by atoms with Crippen LogP contribution in [0.15, 0.2) is 41.5 Å². The van der Waals surface area contributed by atoms with Gasteiger partial charge in [0.2, 0.25) is 0 Å². The molecule has 0 aliphatic carbocycles. The van der Waals surface area contributed by atoms with E-state index in [0.29, 0.717) is 22.3 Å². The number of aromatic hydroxyl groups is 2. The Balaban J connectivity index is 1.65. The van der Waals surface area contributed by atoms with Gasteiger partial charge in [-0.2, -0.15) is 13.8 Å². The Hall–Kier alpha value is -3.20. The van der Waals surface area contributed by atoms with Crippen molar-refractivity contribution in [2.75, 3.05) is 5.32 Å². The standard InChI is InChI=1S/C14H11N5O3S/c20-9-5-4-8(12(21)6-9)7-15-17-14(22)16-10-2-1-3-11-13(10)19-23-18-11/h1-7,20-21H,(H2,16,17,22)/b15-7-. The summed E-state index contributed by atoms with van der Waals surface area (Å²) in [6.07, 6.45) is 1.26. The van der Waals surface area contributed by atoms with Crippen molar-refractivity contribution in [3.05, 3.63) is 42.0 Å². The lowest BCUT2D eigenvalue weighted by Crippen LogP contribution is -2.24. The molecule has 0 atom stereocenters. The van der Waals surface area contributed by atoms with Crippen molar-refractivity contribution >= 4 is 40.7 Å². The summed E-state index contributed by atoms with van der Waals surface area (Å²) >= 11 is 1.06. The zero-order valence-electron chi connectivity index (χ0n) is 11.6. The van der Waals surface area contributed by atoms with Crippen LogP contribution in [-0.4, -0.2) is 31.2 Å². The van der Waals surface area contributed by atoms with E-state index >= 15 is 0 Å². The minimum absolute atomic E-state index is 0.0599. The number of hydrogen-bond donors (Lipinski definition) is 4. The Kier molecular flexibility index (Phi) is 4.02. The van der Waals surface area contributed by atoms with Gasteiger partial charge in [-0.15, -0.1) is 0 Å². The Morgan fingerprint density at radius 1 is 1.22 bits per heavy atom. The molecule has 1 aromatic heterocycles. The first kappa shape index (κ1) is 14.7. The fraction of sp³-hybridized carbons (Fsp3) is 0. The Labute approximate surface area is 134 Å². The topological polar surface area (TPSA) is 120 Å². The lowest BCUT2D eigenvalue weighted by atomic mass is 10.2. The maximum atomic E-state index is 11.8. The van der Waals surface area contributed by atoms with Crippen molar-refractivity contribution in [2.24, 2.45) is 5.10 Å². The van der Waals surface area contributed by atoms with Gasteiger partial charge < -0.3 is 15.5 Å². The minimum Gasteiger partial charge on any atom is -0.508 e. The highest BCUT2D eigenvalue weighted by Gasteiger charge is 2.07. The molecule has 0 saturated carbocycles. The second kappa shape index (κ2) is 6.28. The predicted molar refractivity (Wildman–Crippen MR) is 86.9 cm³/mol. The third-order valence-electron chi connectivity index (χ3n) is 2.92. The summed E-state index contributed by atoms with van der Waals surface area (Å²) in [6.45, 7) is 0. The minimum atomic E-state index is -0.556. The molecule has 0 aliphatic rings. The number of nitrogens with zero attached hydrogens (tertiary/aromatic N) is 3. The molecule has 0 saturated heterocycles. The molecule has 0 spiro atoms. The highest BCUT2D eigenvalue weighted by molar-refractivity contribution is 7.00. The number of aromatic nitrogens is 2. The van der Waals surface area contributed by atoms with E-state index in [1.54, 1.807) is 18.2 Å². The average Bonchev–Trinajstić information content (AvgIpc) is 2.99. The van der Waals surface area contributed by atoms with Crippen molar-refractivity contribution in [3.8, 4) is 11.5 Å². The van der Waals surface area contributed by atoms with Gasteiger partial charge in [-0.3, -0.25) is 0 Å². The van der Waals surface area contributed by atoms with Crippen LogP contribution < -0.4 is 10.7 Å². The van der Waals surface area contributed by atoms with Crippen LogP contribution in [-0.2, 0) is 0 Å². The lowest BCUT2D eigenvalue weighted by molar-refractivity contribution is 0.252. The normalized spacial score (nSPS) is 11.0. The van der Waals surface area contributed by atoms with Crippen LogP contribution in [0.1, 0.15) is 5.56 Å². The number of hydrogen-bond acceptors (Lipinski definition) is 7. The molecule has 2 aromatic carbocycles. The number of carbonyl (C=O) groups excluding carboxylic acids is 1. The summed E-state index contributed by atoms with van der Waals surface area (Å²) in [5.74, 6) is -0.204. The Morgan fingerprint density at radius 2 is 2.09 bits per heavy atom. The molecule has 8 nitrogen and oxygen atoms in total. The van der Waals surface area contributed by atoms with Crippen molar-refractivity contribution in [3.63, 3.8) is 0 Å². The summed E-state index contributed by atoms with van der Waals surface area (Å²) in [7, 11) is 0. The monoisotopic (exact) mass is 329 g/mol. The second-order valence-electron chi connectivity index (χ2n) is 4.50. The van der Waals surface area contributed by atoms with Crippen LogP contribution in [0.25, 0.3) is 11.0 Å². The van der Waals surface area contributed by atoms with Gasteiger partial charge in [0.05, 0.1) is 23.6 Å². The van der Waals surface area contributed by atoms with Crippen molar-refractivity contribution in [1.82, 2.24) is 14.2 Å². The number of phenolic OH excluding ortho intramolecular Hbond substituents is 2. The number of urea groups is 1. The number of carbonyl (C=O) groups is 1. The van der Waals surface area contributed by atoms with Gasteiger partial charge >= 0.3 is 6.03 Å². The van der Waals surface area contributed by atoms with E-state index in [9.17, 15) is 15.0 Å². The maximum Gasteiger partial charge on any atom is 0.339 e. The molecule has 116 valence electrons. The van der Waals surface area contributed by atoms with Gasteiger partial charge in [0.1, 0.15) is 22.5 Å². The van der Waals surface area contributed by atoms with Crippen LogP contribution in [0.3, 0.4) is 0 Å². The quantitative estimate of drug-likeness (QED) is 0.434. The molecule has 0 aliphatic heterocycles. The van der Waals surface area contributed by atoms with Gasteiger partial charge in [-0.25, -0.2) is 10.2 Å². The maximum absolute atomic E-state index is 11.8. The number of benzene rings is 2. The second-order valence-corrected chi connectivity index (χ2v) is 5.03. The van der Waals surface area contributed by atoms with Crippen LogP contribution in [0.4, 0.5) is 10.5 Å². The average molecular weight is 329 g/mol. The van der Waals surface area contributed by atoms with Crippen molar-refractivity contribution in [2.45, 2.75) is 0 Å². The van der Waals surface area contributed by atoms with Gasteiger partial charge in [-0.05, 0) is 24.3 Å². The summed E-state index contributed by atoms with van der Waals surface area (Å²) in [6, 6.07) is 8.76. The molecule has 23 heavy (non-hydrogen) atoms. The van der Waals surface area contributed by atoms with Gasteiger partial charge in [0, 0.05) is 11.6 Å². The molecule has 2 amide bonds.